The molecule has 0 aliphatic heterocycles. The smallest absolute Gasteiger partial charge is 0.316 e. The lowest BCUT2D eigenvalue weighted by Gasteiger charge is -2.14. The molecule has 2 heterocycles. The molecule has 0 fully saturated rings. The van der Waals surface area contributed by atoms with Crippen LogP contribution in [0.4, 0.5) is 15.9 Å². The second-order valence-electron chi connectivity index (χ2n) is 6.06. The number of nitrogens with one attached hydrogen (secondary N) is 1. The van der Waals surface area contributed by atoms with E-state index in [1.165, 1.54) is 28.6 Å². The molecule has 0 saturated carbocycles. The molecule has 146 valence electrons. The van der Waals surface area contributed by atoms with Crippen molar-refractivity contribution in [3.63, 3.8) is 0 Å². The molecule has 0 saturated heterocycles. The van der Waals surface area contributed by atoms with E-state index in [9.17, 15) is 9.18 Å². The summed E-state index contributed by atoms with van der Waals surface area (Å²) >= 11 is 7.24. The van der Waals surface area contributed by atoms with E-state index in [2.05, 4.69) is 15.5 Å². The van der Waals surface area contributed by atoms with Gasteiger partial charge >= 0.3 is 5.56 Å². The summed E-state index contributed by atoms with van der Waals surface area (Å²) in [6.45, 7) is 0. The normalized spacial score (nSPS) is 10.8. The maximum atomic E-state index is 13.1. The van der Waals surface area contributed by atoms with E-state index < -0.39 is 0 Å². The summed E-state index contributed by atoms with van der Waals surface area (Å²) in [5, 5.41) is 12.3. The fourth-order valence-electron chi connectivity index (χ4n) is 2.59. The zero-order valence-corrected chi connectivity index (χ0v) is 16.6. The Morgan fingerprint density at radius 2 is 1.69 bits per heavy atom. The molecule has 2 aromatic heterocycles. The summed E-state index contributed by atoms with van der Waals surface area (Å²) in [4.78, 5) is 13.1. The number of aromatic nitrogens is 4. The molecule has 9 heteroatoms. The summed E-state index contributed by atoms with van der Waals surface area (Å²) in [5.74, 6) is 0.312. The van der Waals surface area contributed by atoms with Crippen LogP contribution < -0.4 is 10.9 Å². The second kappa shape index (κ2) is 8.50. The lowest BCUT2D eigenvalue weighted by molar-refractivity contribution is 0.533. The van der Waals surface area contributed by atoms with Crippen molar-refractivity contribution in [3.8, 4) is 0 Å². The van der Waals surface area contributed by atoms with Crippen LogP contribution in [0.2, 0.25) is 5.02 Å². The van der Waals surface area contributed by atoms with Gasteiger partial charge in [0.15, 0.2) is 0 Å². The number of rotatable bonds is 6. The third-order valence-electron chi connectivity index (χ3n) is 4.02. The predicted molar refractivity (Wildman–Crippen MR) is 112 cm³/mol. The third kappa shape index (κ3) is 4.49. The fourth-order valence-corrected chi connectivity index (χ4v) is 3.61. The molecule has 2 aromatic carbocycles. The number of halogens is 2. The highest BCUT2D eigenvalue weighted by molar-refractivity contribution is 7.98. The Labute approximate surface area is 174 Å². The highest BCUT2D eigenvalue weighted by Gasteiger charge is 2.14. The third-order valence-corrected chi connectivity index (χ3v) is 5.26. The molecule has 4 rings (SSSR count). The summed E-state index contributed by atoms with van der Waals surface area (Å²) in [7, 11) is 0. The van der Waals surface area contributed by atoms with Crippen molar-refractivity contribution < 1.29 is 4.39 Å². The van der Waals surface area contributed by atoms with E-state index in [1.807, 2.05) is 12.1 Å². The van der Waals surface area contributed by atoms with Gasteiger partial charge in [-0.15, -0.1) is 10.2 Å². The van der Waals surface area contributed by atoms with Crippen molar-refractivity contribution >= 4 is 34.9 Å². The van der Waals surface area contributed by atoms with E-state index in [0.29, 0.717) is 21.6 Å². The molecule has 0 aliphatic carbocycles. The van der Waals surface area contributed by atoms with Crippen LogP contribution >= 0.6 is 23.4 Å². The van der Waals surface area contributed by atoms with Crippen molar-refractivity contribution in [2.24, 2.45) is 0 Å². The van der Waals surface area contributed by atoms with Gasteiger partial charge in [-0.3, -0.25) is 9.47 Å². The number of anilines is 2. The van der Waals surface area contributed by atoms with Gasteiger partial charge < -0.3 is 5.32 Å². The van der Waals surface area contributed by atoms with Crippen LogP contribution in [-0.2, 0) is 5.75 Å². The van der Waals surface area contributed by atoms with E-state index in [4.69, 9.17) is 11.6 Å². The Morgan fingerprint density at radius 3 is 2.38 bits per heavy atom. The molecule has 1 N–H and O–H groups in total. The SMILES string of the molecule is O=c1c(Nc2ccc(Cl)cc2)nnc(SCc2ccc(F)cc2)n1-n1cccc1. The predicted octanol–water partition coefficient (Wildman–Crippen LogP) is 4.58. The maximum absolute atomic E-state index is 13.1. The van der Waals surface area contributed by atoms with Gasteiger partial charge in [0.2, 0.25) is 11.0 Å². The molecule has 0 aliphatic rings. The molecule has 0 spiro atoms. The van der Waals surface area contributed by atoms with E-state index in [-0.39, 0.29) is 17.2 Å². The Morgan fingerprint density at radius 1 is 1.00 bits per heavy atom. The van der Waals surface area contributed by atoms with Crippen LogP contribution in [0.3, 0.4) is 0 Å². The quantitative estimate of drug-likeness (QED) is 0.456. The van der Waals surface area contributed by atoms with Crippen molar-refractivity contribution in [1.82, 2.24) is 19.5 Å². The van der Waals surface area contributed by atoms with Gasteiger partial charge in [-0.25, -0.2) is 4.39 Å². The Bertz CT molecular complexity index is 1160. The summed E-state index contributed by atoms with van der Waals surface area (Å²) in [6.07, 6.45) is 3.49. The van der Waals surface area contributed by atoms with Crippen molar-refractivity contribution in [2.75, 3.05) is 5.32 Å². The van der Waals surface area contributed by atoms with E-state index >= 15 is 0 Å². The summed E-state index contributed by atoms with van der Waals surface area (Å²) in [6, 6.07) is 16.8. The number of hydrogen-bond acceptors (Lipinski definition) is 5. The van der Waals surface area contributed by atoms with Crippen molar-refractivity contribution in [3.05, 3.63) is 99.8 Å². The standard InChI is InChI=1S/C20H15ClFN5OS/c21-15-5-9-17(10-6-15)23-18-19(28)27(26-11-1-2-12-26)20(25-24-18)29-13-14-3-7-16(22)8-4-14/h1-12H,13H2,(H,23,24). The van der Waals surface area contributed by atoms with Crippen molar-refractivity contribution in [1.29, 1.82) is 0 Å². The van der Waals surface area contributed by atoms with Gasteiger partial charge in [0, 0.05) is 28.9 Å². The average molecular weight is 428 g/mol. The van der Waals surface area contributed by atoms with Gasteiger partial charge in [0.05, 0.1) is 0 Å². The van der Waals surface area contributed by atoms with Gasteiger partial charge in [0.1, 0.15) is 5.82 Å². The molecule has 29 heavy (non-hydrogen) atoms. The number of hydrogen-bond donors (Lipinski definition) is 1. The largest absolute Gasteiger partial charge is 0.334 e. The summed E-state index contributed by atoms with van der Waals surface area (Å²) in [5.41, 5.74) is 1.23. The average Bonchev–Trinajstić information content (AvgIpc) is 3.25. The first-order valence-electron chi connectivity index (χ1n) is 8.63. The first-order chi connectivity index (χ1) is 14.1. The van der Waals surface area contributed by atoms with Crippen LogP contribution in [0, 0.1) is 5.82 Å². The first kappa shape index (κ1) is 19.2. The minimum atomic E-state index is -0.354. The molecule has 0 bridgehead atoms. The maximum Gasteiger partial charge on any atom is 0.316 e. The molecule has 0 atom stereocenters. The monoisotopic (exact) mass is 427 g/mol. The minimum absolute atomic E-state index is 0.0900. The van der Waals surface area contributed by atoms with Gasteiger partial charge in [-0.2, -0.15) is 4.68 Å². The molecule has 4 aromatic rings. The molecule has 0 unspecified atom stereocenters. The number of nitrogens with zero attached hydrogens (tertiary/aromatic N) is 4. The van der Waals surface area contributed by atoms with E-state index in [1.54, 1.807) is 53.5 Å². The van der Waals surface area contributed by atoms with Gasteiger partial charge in [-0.1, -0.05) is 35.5 Å². The fraction of sp³-hybridized carbons (Fsp3) is 0.0500. The number of thioether (sulfide) groups is 1. The van der Waals surface area contributed by atoms with Crippen LogP contribution in [0.1, 0.15) is 5.56 Å². The summed E-state index contributed by atoms with van der Waals surface area (Å²) < 4.78 is 16.2. The van der Waals surface area contributed by atoms with Crippen LogP contribution in [0.15, 0.2) is 83.0 Å². The zero-order chi connectivity index (χ0) is 20.2. The number of benzene rings is 2. The Kier molecular flexibility index (Phi) is 5.64. The lowest BCUT2D eigenvalue weighted by Crippen LogP contribution is -2.30. The van der Waals surface area contributed by atoms with Gasteiger partial charge in [-0.05, 0) is 54.1 Å². The lowest BCUT2D eigenvalue weighted by atomic mass is 10.2. The first-order valence-corrected chi connectivity index (χ1v) is 10.00. The zero-order valence-electron chi connectivity index (χ0n) is 15.0. The molecular formula is C20H15ClFN5OS. The Balaban J connectivity index is 1.66. The molecule has 0 radical (unpaired) electrons. The molecule has 6 nitrogen and oxygen atoms in total. The van der Waals surface area contributed by atoms with E-state index in [0.717, 1.165) is 5.56 Å². The van der Waals surface area contributed by atoms with Crippen LogP contribution in [-0.4, -0.2) is 19.5 Å². The van der Waals surface area contributed by atoms with Crippen molar-refractivity contribution in [2.45, 2.75) is 10.9 Å². The highest BCUT2D eigenvalue weighted by Crippen LogP contribution is 2.21. The molecule has 0 amide bonds. The molecular weight excluding hydrogens is 413 g/mol. The second-order valence-corrected chi connectivity index (χ2v) is 7.44. The van der Waals surface area contributed by atoms with Gasteiger partial charge in [0.25, 0.3) is 0 Å². The highest BCUT2D eigenvalue weighted by atomic mass is 35.5. The van der Waals surface area contributed by atoms with Crippen LogP contribution in [0.5, 0.6) is 0 Å². The van der Waals surface area contributed by atoms with Crippen LogP contribution in [0.25, 0.3) is 0 Å². The minimum Gasteiger partial charge on any atom is -0.334 e. The topological polar surface area (TPSA) is 64.7 Å². The Hall–Kier alpha value is -3.10.